The van der Waals surface area contributed by atoms with E-state index in [1.807, 2.05) is 0 Å². The number of aromatic nitrogens is 3. The SMILES string of the molecule is CCS(=O)(=O)N(C)CCCNC(=O)c1nnn(-c2ccc(F)cc2)c1C. The first-order valence-corrected chi connectivity index (χ1v) is 9.77. The molecule has 0 spiro atoms. The van der Waals surface area contributed by atoms with Gasteiger partial charge in [-0.15, -0.1) is 5.10 Å². The third kappa shape index (κ3) is 4.64. The van der Waals surface area contributed by atoms with Gasteiger partial charge in [-0.2, -0.15) is 0 Å². The van der Waals surface area contributed by atoms with E-state index < -0.39 is 15.9 Å². The molecular weight excluding hydrogens is 361 g/mol. The van der Waals surface area contributed by atoms with Gasteiger partial charge >= 0.3 is 0 Å². The molecule has 0 aliphatic heterocycles. The van der Waals surface area contributed by atoms with Crippen LogP contribution in [0.1, 0.15) is 29.5 Å². The molecule has 26 heavy (non-hydrogen) atoms. The number of amides is 1. The molecule has 0 aliphatic carbocycles. The van der Waals surface area contributed by atoms with Crippen LogP contribution in [0.25, 0.3) is 5.69 Å². The number of rotatable bonds is 8. The standard InChI is InChI=1S/C16H22FN5O3S/c1-4-26(24,25)21(3)11-5-10-18-16(23)15-12(2)22(20-19-15)14-8-6-13(17)7-9-14/h6-9H,4-5,10-11H2,1-3H3,(H,18,23). The van der Waals surface area contributed by atoms with Crippen LogP contribution in [0.4, 0.5) is 4.39 Å². The molecule has 1 aromatic heterocycles. The molecule has 0 aliphatic rings. The van der Waals surface area contributed by atoms with E-state index in [-0.39, 0.29) is 17.3 Å². The quantitative estimate of drug-likeness (QED) is 0.689. The van der Waals surface area contributed by atoms with Crippen molar-refractivity contribution in [3.63, 3.8) is 0 Å². The molecule has 8 nitrogen and oxygen atoms in total. The average molecular weight is 383 g/mol. The predicted octanol–water partition coefficient (Wildman–Crippen LogP) is 1.12. The molecular formula is C16H22FN5O3S. The molecule has 2 rings (SSSR count). The van der Waals surface area contributed by atoms with Crippen molar-refractivity contribution in [2.45, 2.75) is 20.3 Å². The molecule has 0 atom stereocenters. The summed E-state index contributed by atoms with van der Waals surface area (Å²) < 4.78 is 39.0. The van der Waals surface area contributed by atoms with Gasteiger partial charge in [-0.25, -0.2) is 21.8 Å². The zero-order chi connectivity index (χ0) is 19.3. The lowest BCUT2D eigenvalue weighted by Gasteiger charge is -2.15. The molecule has 1 heterocycles. The van der Waals surface area contributed by atoms with Crippen molar-refractivity contribution in [2.24, 2.45) is 0 Å². The summed E-state index contributed by atoms with van der Waals surface area (Å²) in [7, 11) is -1.71. The molecule has 0 saturated heterocycles. The molecule has 0 unspecified atom stereocenters. The maximum Gasteiger partial charge on any atom is 0.273 e. The van der Waals surface area contributed by atoms with E-state index in [0.29, 0.717) is 30.9 Å². The number of benzene rings is 1. The first-order chi connectivity index (χ1) is 12.3. The van der Waals surface area contributed by atoms with Gasteiger partial charge < -0.3 is 5.32 Å². The van der Waals surface area contributed by atoms with E-state index in [9.17, 15) is 17.6 Å². The van der Waals surface area contributed by atoms with E-state index in [1.165, 1.54) is 28.2 Å². The number of carbonyl (C=O) groups excluding carboxylic acids is 1. The van der Waals surface area contributed by atoms with Crippen LogP contribution in [-0.4, -0.2) is 59.5 Å². The first-order valence-electron chi connectivity index (χ1n) is 8.16. The molecule has 0 fully saturated rings. The van der Waals surface area contributed by atoms with Gasteiger partial charge in [0.25, 0.3) is 5.91 Å². The average Bonchev–Trinajstić information content (AvgIpc) is 3.00. The third-order valence-electron chi connectivity index (χ3n) is 3.96. The normalized spacial score (nSPS) is 11.7. The summed E-state index contributed by atoms with van der Waals surface area (Å²) in [6.45, 7) is 3.91. The Hall–Kier alpha value is -2.33. The van der Waals surface area contributed by atoms with Crippen LogP contribution >= 0.6 is 0 Å². The largest absolute Gasteiger partial charge is 0.351 e. The third-order valence-corrected chi connectivity index (χ3v) is 5.82. The zero-order valence-corrected chi connectivity index (χ0v) is 15.8. The van der Waals surface area contributed by atoms with Gasteiger partial charge in [-0.1, -0.05) is 5.21 Å². The number of hydrogen-bond acceptors (Lipinski definition) is 5. The van der Waals surface area contributed by atoms with E-state index >= 15 is 0 Å². The van der Waals surface area contributed by atoms with Gasteiger partial charge in [0.1, 0.15) is 5.82 Å². The molecule has 0 saturated carbocycles. The van der Waals surface area contributed by atoms with E-state index in [0.717, 1.165) is 0 Å². The Morgan fingerprint density at radius 2 is 1.96 bits per heavy atom. The lowest BCUT2D eigenvalue weighted by atomic mass is 10.2. The molecule has 142 valence electrons. The molecule has 2 aromatic rings. The summed E-state index contributed by atoms with van der Waals surface area (Å²) in [5.74, 6) is -0.710. The summed E-state index contributed by atoms with van der Waals surface area (Å²) in [5, 5.41) is 10.5. The minimum atomic E-state index is -3.22. The van der Waals surface area contributed by atoms with Crippen LogP contribution < -0.4 is 5.32 Å². The zero-order valence-electron chi connectivity index (χ0n) is 14.9. The molecule has 1 aromatic carbocycles. The maximum atomic E-state index is 13.0. The highest BCUT2D eigenvalue weighted by Crippen LogP contribution is 2.12. The summed E-state index contributed by atoms with van der Waals surface area (Å²) in [4.78, 5) is 12.2. The van der Waals surface area contributed by atoms with E-state index in [2.05, 4.69) is 15.6 Å². The second-order valence-corrected chi connectivity index (χ2v) is 8.11. The smallest absolute Gasteiger partial charge is 0.273 e. The monoisotopic (exact) mass is 383 g/mol. The summed E-state index contributed by atoms with van der Waals surface area (Å²) in [6, 6.07) is 5.69. The number of nitrogens with zero attached hydrogens (tertiary/aromatic N) is 4. The van der Waals surface area contributed by atoms with Crippen LogP contribution in [0.5, 0.6) is 0 Å². The molecule has 1 amide bonds. The first kappa shape index (κ1) is 20.0. The Bertz CT molecular complexity index is 865. The van der Waals surface area contributed by atoms with Crippen molar-refractivity contribution >= 4 is 15.9 Å². The lowest BCUT2D eigenvalue weighted by molar-refractivity contribution is 0.0947. The van der Waals surface area contributed by atoms with Crippen LogP contribution in [-0.2, 0) is 10.0 Å². The van der Waals surface area contributed by atoms with Crippen molar-refractivity contribution in [1.29, 1.82) is 0 Å². The Kier molecular flexibility index (Phi) is 6.43. The number of hydrogen-bond donors (Lipinski definition) is 1. The Morgan fingerprint density at radius 1 is 1.31 bits per heavy atom. The fourth-order valence-corrected chi connectivity index (χ4v) is 3.16. The van der Waals surface area contributed by atoms with Crippen LogP contribution in [0, 0.1) is 12.7 Å². The van der Waals surface area contributed by atoms with Crippen molar-refractivity contribution in [1.82, 2.24) is 24.6 Å². The van der Waals surface area contributed by atoms with Gasteiger partial charge in [0.2, 0.25) is 10.0 Å². The van der Waals surface area contributed by atoms with Crippen molar-refractivity contribution < 1.29 is 17.6 Å². The Morgan fingerprint density at radius 3 is 2.58 bits per heavy atom. The second kappa shape index (κ2) is 8.37. The molecule has 0 radical (unpaired) electrons. The van der Waals surface area contributed by atoms with Crippen LogP contribution in [0.15, 0.2) is 24.3 Å². The summed E-state index contributed by atoms with van der Waals surface area (Å²) >= 11 is 0. The number of carbonyl (C=O) groups is 1. The number of halogens is 1. The highest BCUT2D eigenvalue weighted by molar-refractivity contribution is 7.89. The minimum Gasteiger partial charge on any atom is -0.351 e. The predicted molar refractivity (Wildman–Crippen MR) is 95.1 cm³/mol. The second-order valence-electron chi connectivity index (χ2n) is 5.74. The van der Waals surface area contributed by atoms with Crippen LogP contribution in [0.3, 0.4) is 0 Å². The fourth-order valence-electron chi connectivity index (χ4n) is 2.31. The fraction of sp³-hybridized carbons (Fsp3) is 0.438. The lowest BCUT2D eigenvalue weighted by Crippen LogP contribution is -2.32. The van der Waals surface area contributed by atoms with Gasteiger partial charge in [0.05, 0.1) is 17.1 Å². The van der Waals surface area contributed by atoms with Crippen LogP contribution in [0.2, 0.25) is 0 Å². The Balaban J connectivity index is 1.93. The minimum absolute atomic E-state index is 0.0432. The van der Waals surface area contributed by atoms with Crippen molar-refractivity contribution in [3.05, 3.63) is 41.5 Å². The molecule has 1 N–H and O–H groups in total. The van der Waals surface area contributed by atoms with Gasteiger partial charge in [-0.05, 0) is 44.5 Å². The summed E-state index contributed by atoms with van der Waals surface area (Å²) in [6.07, 6.45) is 0.479. The Labute approximate surface area is 152 Å². The van der Waals surface area contributed by atoms with Gasteiger partial charge in [0.15, 0.2) is 5.69 Å². The number of nitrogens with one attached hydrogen (secondary N) is 1. The summed E-state index contributed by atoms with van der Waals surface area (Å²) in [5.41, 5.74) is 1.30. The van der Waals surface area contributed by atoms with E-state index in [4.69, 9.17) is 0 Å². The topological polar surface area (TPSA) is 97.2 Å². The van der Waals surface area contributed by atoms with E-state index in [1.54, 1.807) is 26.0 Å². The maximum absolute atomic E-state index is 13.0. The van der Waals surface area contributed by atoms with Gasteiger partial charge in [0, 0.05) is 20.1 Å². The molecule has 10 heteroatoms. The molecule has 0 bridgehead atoms. The van der Waals surface area contributed by atoms with Crippen molar-refractivity contribution in [3.8, 4) is 5.69 Å². The highest BCUT2D eigenvalue weighted by Gasteiger charge is 2.18. The number of sulfonamides is 1. The van der Waals surface area contributed by atoms with Crippen molar-refractivity contribution in [2.75, 3.05) is 25.9 Å². The van der Waals surface area contributed by atoms with Gasteiger partial charge in [-0.3, -0.25) is 4.79 Å². The highest BCUT2D eigenvalue weighted by atomic mass is 32.2.